The van der Waals surface area contributed by atoms with Crippen molar-refractivity contribution in [3.8, 4) is 0 Å². The minimum Gasteiger partial charge on any atom is -0.549 e. The van der Waals surface area contributed by atoms with Gasteiger partial charge < -0.3 is 22.7 Å². The minimum atomic E-state index is -1.68. The quantitative estimate of drug-likeness (QED) is 0.145. The number of hydrogen-bond donors (Lipinski definition) is 0. The van der Waals surface area contributed by atoms with Gasteiger partial charge in [0, 0.05) is 0 Å². The van der Waals surface area contributed by atoms with Crippen LogP contribution in [0.2, 0.25) is 33.2 Å². The smallest absolute Gasteiger partial charge is 0.549 e. The summed E-state index contributed by atoms with van der Waals surface area (Å²) in [6.07, 6.45) is 9.40. The normalized spacial score (nSPS) is 13.0. The van der Waals surface area contributed by atoms with E-state index in [4.69, 9.17) is 8.85 Å². The maximum absolute atomic E-state index is 6.17. The Morgan fingerprint density at radius 3 is 0.839 bits per heavy atom. The van der Waals surface area contributed by atoms with Crippen molar-refractivity contribution in [3.05, 3.63) is 38.5 Å². The van der Waals surface area contributed by atoms with Crippen LogP contribution in [0, 0.1) is 13.8 Å². The first-order valence-electron chi connectivity index (χ1n) is 12.0. The van der Waals surface area contributed by atoms with Gasteiger partial charge in [0.15, 0.2) is 0 Å². The van der Waals surface area contributed by atoms with Gasteiger partial charge in [-0.15, -0.1) is 0 Å². The molecule has 0 amide bonds. The molecule has 0 spiro atoms. The van der Waals surface area contributed by atoms with E-state index in [0.29, 0.717) is 33.2 Å². The first kappa shape index (κ1) is 35.7. The van der Waals surface area contributed by atoms with Crippen LogP contribution in [-0.2, 0) is 28.3 Å². The zero-order valence-electron chi connectivity index (χ0n) is 23.1. The van der Waals surface area contributed by atoms with Gasteiger partial charge in [0.25, 0.3) is 16.6 Å². The van der Waals surface area contributed by atoms with Gasteiger partial charge in [-0.25, -0.2) is 0 Å². The Morgan fingerprint density at radius 1 is 0.516 bits per heavy atom. The molecule has 0 heterocycles. The summed E-state index contributed by atoms with van der Waals surface area (Å²) in [6, 6.07) is 0. The van der Waals surface area contributed by atoms with Crippen LogP contribution in [0.5, 0.6) is 0 Å². The Balaban J connectivity index is -0.000000490. The van der Waals surface area contributed by atoms with Gasteiger partial charge in [-0.2, -0.15) is 12.8 Å². The van der Waals surface area contributed by atoms with E-state index in [2.05, 4.69) is 96.9 Å². The van der Waals surface area contributed by atoms with Crippen molar-refractivity contribution >= 4 is 16.6 Å². The average Bonchev–Trinajstić information content (AvgIpc) is 2.61. The molecule has 0 fully saturated rings. The monoisotopic (exact) mass is 518 g/mol. The fourth-order valence-corrected chi connectivity index (χ4v) is 15.6. The summed E-state index contributed by atoms with van der Waals surface area (Å²) < 4.78 is 12.3. The van der Waals surface area contributed by atoms with Crippen molar-refractivity contribution in [2.24, 2.45) is 0 Å². The molecule has 0 rings (SSSR count). The third kappa shape index (κ3) is 10.3. The van der Waals surface area contributed by atoms with Crippen LogP contribution in [0.1, 0.15) is 95.9 Å². The molecule has 0 aliphatic rings. The molecule has 0 aromatic heterocycles. The number of hydrogen-bond acceptors (Lipinski definition) is 2. The molecule has 0 saturated heterocycles. The Morgan fingerprint density at radius 2 is 0.710 bits per heavy atom. The van der Waals surface area contributed by atoms with Crippen molar-refractivity contribution in [1.29, 1.82) is 0 Å². The summed E-state index contributed by atoms with van der Waals surface area (Å²) in [5, 5.41) is 0. The molecule has 0 unspecified atom stereocenters. The van der Waals surface area contributed by atoms with Crippen molar-refractivity contribution in [2.45, 2.75) is 129 Å². The van der Waals surface area contributed by atoms with Gasteiger partial charge in [-0.05, 0) is 33.2 Å². The maximum atomic E-state index is 6.17. The van der Waals surface area contributed by atoms with E-state index in [1.807, 2.05) is 24.7 Å². The molecule has 180 valence electrons. The van der Waals surface area contributed by atoms with Gasteiger partial charge in [0.2, 0.25) is 0 Å². The van der Waals surface area contributed by atoms with Crippen molar-refractivity contribution < 1.29 is 28.3 Å². The number of rotatable bonds is 12. The van der Waals surface area contributed by atoms with Crippen LogP contribution in [0.4, 0.5) is 0 Å². The minimum absolute atomic E-state index is 0. The largest absolute Gasteiger partial charge is 2.00 e. The fourth-order valence-electron chi connectivity index (χ4n) is 5.28. The fraction of sp³-hybridized carbons (Fsp3) is 0.769. The molecule has 0 aromatic carbocycles. The molecule has 0 atom stereocenters. The van der Waals surface area contributed by atoms with Crippen molar-refractivity contribution in [3.63, 3.8) is 0 Å². The van der Waals surface area contributed by atoms with Crippen LogP contribution in [0.25, 0.3) is 0 Å². The summed E-state index contributed by atoms with van der Waals surface area (Å²) in [4.78, 5) is 0. The summed E-state index contributed by atoms with van der Waals surface area (Å²) in [5.74, 6) is 0. The second-order valence-corrected chi connectivity index (χ2v) is 21.0. The summed E-state index contributed by atoms with van der Waals surface area (Å²) in [7, 11) is -3.36. The molecule has 0 aromatic rings. The second-order valence-electron chi connectivity index (χ2n) is 10.2. The van der Waals surface area contributed by atoms with E-state index < -0.39 is 16.6 Å². The van der Waals surface area contributed by atoms with Crippen LogP contribution < -0.4 is 0 Å². The van der Waals surface area contributed by atoms with Gasteiger partial charge in [0.05, 0.1) is 12.5 Å². The van der Waals surface area contributed by atoms with Gasteiger partial charge in [-0.1, -0.05) is 95.2 Å². The first-order chi connectivity index (χ1) is 13.8. The molecule has 0 radical (unpaired) electrons. The third-order valence-electron chi connectivity index (χ3n) is 6.48. The van der Waals surface area contributed by atoms with E-state index in [1.165, 1.54) is 0 Å². The Labute approximate surface area is 212 Å². The molecule has 31 heavy (non-hydrogen) atoms. The molecule has 5 heteroatoms. The second kappa shape index (κ2) is 17.6. The molecular weight excluding hydrogens is 466 g/mol. The van der Waals surface area contributed by atoms with E-state index in [0.717, 1.165) is 12.8 Å². The van der Waals surface area contributed by atoms with Crippen LogP contribution in [0.3, 0.4) is 0 Å². The zero-order chi connectivity index (χ0) is 24.1. The van der Waals surface area contributed by atoms with Gasteiger partial charge in [0.1, 0.15) is 0 Å². The summed E-state index contributed by atoms with van der Waals surface area (Å²) in [6.45, 7) is 35.1. The standard InChI is InChI=1S/2C13H27OSi.Zn/c2*1-8-9-10-14-15(11(2)3,12(4)5)13(6)7;/h2*9-13H,1,8H2,2-7H3;/q2*-1;+2/b2*10-9+;. The third-order valence-corrected chi connectivity index (χ3v) is 18.4. The van der Waals surface area contributed by atoms with E-state index in [9.17, 15) is 0 Å². The first-order valence-corrected chi connectivity index (χ1v) is 16.3. The molecule has 0 aliphatic carbocycles. The number of allylic oxidation sites excluding steroid dienone is 2. The van der Waals surface area contributed by atoms with E-state index in [-0.39, 0.29) is 19.5 Å². The molecular formula is C26H54O2Si2Zn. The zero-order valence-corrected chi connectivity index (χ0v) is 28.1. The molecule has 2 nitrogen and oxygen atoms in total. The predicted molar refractivity (Wildman–Crippen MR) is 142 cm³/mol. The van der Waals surface area contributed by atoms with E-state index in [1.54, 1.807) is 0 Å². The topological polar surface area (TPSA) is 18.5 Å². The Bertz CT molecular complexity index is 396. The maximum Gasteiger partial charge on any atom is 2.00 e. The van der Waals surface area contributed by atoms with Gasteiger partial charge >= 0.3 is 19.5 Å². The van der Waals surface area contributed by atoms with Crippen LogP contribution in [0.15, 0.2) is 24.7 Å². The summed E-state index contributed by atoms with van der Waals surface area (Å²) in [5.41, 5.74) is 3.87. The van der Waals surface area contributed by atoms with E-state index >= 15 is 0 Å². The van der Waals surface area contributed by atoms with Crippen LogP contribution >= 0.6 is 0 Å². The van der Waals surface area contributed by atoms with Crippen LogP contribution in [-0.4, -0.2) is 16.6 Å². The Kier molecular flexibility index (Phi) is 20.3. The van der Waals surface area contributed by atoms with Gasteiger partial charge in [-0.3, -0.25) is 0 Å². The molecule has 0 aliphatic heterocycles. The predicted octanol–water partition coefficient (Wildman–Crippen LogP) is 9.83. The average molecular weight is 520 g/mol. The summed E-state index contributed by atoms with van der Waals surface area (Å²) >= 11 is 0. The SMILES string of the molecule is [CH2-]C/C=C/O[Si](C(C)C)(C(C)C)C(C)C.[CH2-]C/C=C/O[Si](C(C)C)(C(C)C)C(C)C.[Zn+2]. The van der Waals surface area contributed by atoms with Crippen molar-refractivity contribution in [2.75, 3.05) is 0 Å². The molecule has 0 saturated carbocycles. The molecule has 0 bridgehead atoms. The van der Waals surface area contributed by atoms with Crippen molar-refractivity contribution in [1.82, 2.24) is 0 Å². The molecule has 0 N–H and O–H groups in total. The Hall–Kier alpha value is 0.137.